The summed E-state index contributed by atoms with van der Waals surface area (Å²) in [5.74, 6) is 0.118. The molecule has 2 N–H and O–H groups in total. The maximum atomic E-state index is 10.4. The fraction of sp³-hybridized carbons (Fsp3) is 0.143. The second-order valence-electron chi connectivity index (χ2n) is 4.45. The molecule has 3 aromatic rings. The number of hydrogen-bond acceptors (Lipinski definition) is 3. The Morgan fingerprint density at radius 2 is 1.89 bits per heavy atom. The van der Waals surface area contributed by atoms with Gasteiger partial charge in [0, 0.05) is 0 Å². The molecule has 2 heterocycles. The van der Waals surface area contributed by atoms with Gasteiger partial charge in [-0.2, -0.15) is 10.2 Å². The lowest BCUT2D eigenvalue weighted by molar-refractivity contribution is 0.435. The van der Waals surface area contributed by atoms with Gasteiger partial charge >= 0.3 is 0 Å². The Morgan fingerprint density at radius 1 is 1.16 bits per heavy atom. The van der Waals surface area contributed by atoms with Crippen molar-refractivity contribution in [2.75, 3.05) is 0 Å². The van der Waals surface area contributed by atoms with E-state index in [0.717, 1.165) is 22.8 Å². The monoisotopic (exact) mass is 254 g/mol. The molecule has 0 aliphatic carbocycles. The zero-order valence-corrected chi connectivity index (χ0v) is 10.8. The topological polar surface area (TPSA) is 66.7 Å². The molecule has 0 aliphatic heterocycles. The second kappa shape index (κ2) is 4.28. The van der Waals surface area contributed by atoms with Gasteiger partial charge in [-0.3, -0.25) is 5.10 Å². The van der Waals surface area contributed by atoms with Gasteiger partial charge in [0.15, 0.2) is 0 Å². The maximum absolute atomic E-state index is 10.4. The second-order valence-corrected chi connectivity index (χ2v) is 4.45. The molecule has 0 fully saturated rings. The highest BCUT2D eigenvalue weighted by molar-refractivity contribution is 5.69. The molecule has 0 amide bonds. The normalized spacial score (nSPS) is 10.8. The largest absolute Gasteiger partial charge is 0.493 e. The number of benzene rings is 1. The Morgan fingerprint density at radius 3 is 2.53 bits per heavy atom. The van der Waals surface area contributed by atoms with Crippen molar-refractivity contribution in [3.8, 4) is 22.8 Å². The molecule has 19 heavy (non-hydrogen) atoms. The fourth-order valence-electron chi connectivity index (χ4n) is 2.13. The number of aromatic amines is 1. The number of H-pyrrole nitrogens is 1. The minimum absolute atomic E-state index is 0.118. The molecule has 96 valence electrons. The first-order valence-corrected chi connectivity index (χ1v) is 6.03. The molecule has 5 heteroatoms. The van der Waals surface area contributed by atoms with Crippen molar-refractivity contribution in [3.05, 3.63) is 47.8 Å². The number of nitrogens with one attached hydrogen (secondary N) is 1. The van der Waals surface area contributed by atoms with E-state index < -0.39 is 0 Å². The van der Waals surface area contributed by atoms with Crippen molar-refractivity contribution in [1.29, 1.82) is 0 Å². The van der Waals surface area contributed by atoms with Crippen LogP contribution in [0.2, 0.25) is 0 Å². The summed E-state index contributed by atoms with van der Waals surface area (Å²) < 4.78 is 1.53. The number of aromatic nitrogens is 4. The van der Waals surface area contributed by atoms with E-state index >= 15 is 0 Å². The van der Waals surface area contributed by atoms with Crippen LogP contribution in [0.15, 0.2) is 36.4 Å². The van der Waals surface area contributed by atoms with Crippen LogP contribution < -0.4 is 0 Å². The van der Waals surface area contributed by atoms with Gasteiger partial charge in [0.25, 0.3) is 0 Å². The quantitative estimate of drug-likeness (QED) is 0.738. The average molecular weight is 254 g/mol. The van der Waals surface area contributed by atoms with Crippen molar-refractivity contribution in [2.45, 2.75) is 13.8 Å². The standard InChI is InChI=1S/C14H14N4O/c1-9-8-12(16-15-9)13-10(2)17-18(14(13)19)11-6-4-3-5-7-11/h3-8,19H,1-2H3,(H,15,16). The predicted octanol–water partition coefficient (Wildman–Crippen LogP) is 2.58. The van der Waals surface area contributed by atoms with Crippen LogP contribution in [0.3, 0.4) is 0 Å². The Bertz CT molecular complexity index is 712. The summed E-state index contributed by atoms with van der Waals surface area (Å²) in [6.07, 6.45) is 0. The van der Waals surface area contributed by atoms with E-state index in [4.69, 9.17) is 0 Å². The third kappa shape index (κ3) is 1.89. The molecule has 0 saturated heterocycles. The van der Waals surface area contributed by atoms with Crippen LogP contribution in [-0.4, -0.2) is 25.1 Å². The highest BCUT2D eigenvalue weighted by Crippen LogP contribution is 2.33. The minimum Gasteiger partial charge on any atom is -0.493 e. The van der Waals surface area contributed by atoms with Crippen molar-refractivity contribution in [3.63, 3.8) is 0 Å². The van der Waals surface area contributed by atoms with E-state index in [-0.39, 0.29) is 5.88 Å². The highest BCUT2D eigenvalue weighted by Gasteiger charge is 2.18. The van der Waals surface area contributed by atoms with E-state index in [0.29, 0.717) is 5.56 Å². The zero-order valence-electron chi connectivity index (χ0n) is 10.8. The number of aromatic hydroxyl groups is 1. The summed E-state index contributed by atoms with van der Waals surface area (Å²) in [5.41, 5.74) is 3.91. The Hall–Kier alpha value is -2.56. The van der Waals surface area contributed by atoms with E-state index in [9.17, 15) is 5.11 Å². The van der Waals surface area contributed by atoms with E-state index in [1.807, 2.05) is 50.2 Å². The predicted molar refractivity (Wildman–Crippen MR) is 72.3 cm³/mol. The molecule has 0 aliphatic rings. The van der Waals surface area contributed by atoms with Gasteiger partial charge in [0.1, 0.15) is 0 Å². The number of para-hydroxylation sites is 1. The van der Waals surface area contributed by atoms with Gasteiger partial charge in [0.05, 0.1) is 28.3 Å². The molecule has 0 saturated carbocycles. The van der Waals surface area contributed by atoms with Crippen molar-refractivity contribution in [1.82, 2.24) is 20.0 Å². The molecule has 0 spiro atoms. The molecule has 0 unspecified atom stereocenters. The Kier molecular flexibility index (Phi) is 2.59. The van der Waals surface area contributed by atoms with E-state index in [2.05, 4.69) is 15.3 Å². The van der Waals surface area contributed by atoms with Crippen molar-refractivity contribution >= 4 is 0 Å². The fourth-order valence-corrected chi connectivity index (χ4v) is 2.13. The van der Waals surface area contributed by atoms with Crippen LogP contribution in [0.5, 0.6) is 5.88 Å². The first-order chi connectivity index (χ1) is 9.16. The third-order valence-electron chi connectivity index (χ3n) is 3.01. The highest BCUT2D eigenvalue weighted by atomic mass is 16.3. The van der Waals surface area contributed by atoms with Crippen LogP contribution in [0, 0.1) is 13.8 Å². The van der Waals surface area contributed by atoms with Crippen molar-refractivity contribution < 1.29 is 5.11 Å². The first-order valence-electron chi connectivity index (χ1n) is 6.03. The maximum Gasteiger partial charge on any atom is 0.224 e. The van der Waals surface area contributed by atoms with E-state index in [1.54, 1.807) is 0 Å². The molecule has 0 atom stereocenters. The van der Waals surface area contributed by atoms with E-state index in [1.165, 1.54) is 4.68 Å². The van der Waals surface area contributed by atoms with Crippen LogP contribution in [0.1, 0.15) is 11.4 Å². The zero-order chi connectivity index (χ0) is 13.4. The third-order valence-corrected chi connectivity index (χ3v) is 3.01. The molecule has 2 aromatic heterocycles. The van der Waals surface area contributed by atoms with Gasteiger partial charge in [0.2, 0.25) is 5.88 Å². The van der Waals surface area contributed by atoms with Crippen LogP contribution in [0.25, 0.3) is 16.9 Å². The Labute approximate surface area is 110 Å². The molecular weight excluding hydrogens is 240 g/mol. The summed E-state index contributed by atoms with van der Waals surface area (Å²) in [6.45, 7) is 3.76. The van der Waals surface area contributed by atoms with Crippen LogP contribution in [-0.2, 0) is 0 Å². The summed E-state index contributed by atoms with van der Waals surface area (Å²) in [4.78, 5) is 0. The number of nitrogens with zero attached hydrogens (tertiary/aromatic N) is 3. The van der Waals surface area contributed by atoms with Gasteiger partial charge in [-0.25, -0.2) is 4.68 Å². The molecule has 3 rings (SSSR count). The molecule has 0 bridgehead atoms. The molecular formula is C14H14N4O. The van der Waals surface area contributed by atoms with Gasteiger partial charge in [-0.15, -0.1) is 0 Å². The molecule has 5 nitrogen and oxygen atoms in total. The molecule has 1 aromatic carbocycles. The van der Waals surface area contributed by atoms with Gasteiger partial charge in [-0.05, 0) is 32.0 Å². The summed E-state index contributed by atoms with van der Waals surface area (Å²) in [7, 11) is 0. The average Bonchev–Trinajstić information content (AvgIpc) is 2.95. The smallest absolute Gasteiger partial charge is 0.224 e. The number of hydrogen-bond donors (Lipinski definition) is 2. The van der Waals surface area contributed by atoms with Gasteiger partial charge in [-0.1, -0.05) is 18.2 Å². The lowest BCUT2D eigenvalue weighted by Crippen LogP contribution is -1.95. The lowest BCUT2D eigenvalue weighted by atomic mass is 10.2. The first kappa shape index (κ1) is 11.5. The molecule has 0 radical (unpaired) electrons. The SMILES string of the molecule is Cc1cc(-c2c(C)nn(-c3ccccc3)c2O)[nH]n1. The van der Waals surface area contributed by atoms with Gasteiger partial charge < -0.3 is 5.11 Å². The summed E-state index contributed by atoms with van der Waals surface area (Å²) in [6, 6.07) is 11.4. The summed E-state index contributed by atoms with van der Waals surface area (Å²) >= 11 is 0. The van der Waals surface area contributed by atoms with Crippen LogP contribution >= 0.6 is 0 Å². The number of aryl methyl sites for hydroxylation is 2. The van der Waals surface area contributed by atoms with Crippen LogP contribution in [0.4, 0.5) is 0 Å². The Balaban J connectivity index is 2.16. The number of rotatable bonds is 2. The van der Waals surface area contributed by atoms with Crippen molar-refractivity contribution in [2.24, 2.45) is 0 Å². The lowest BCUT2D eigenvalue weighted by Gasteiger charge is -2.02. The summed E-state index contributed by atoms with van der Waals surface area (Å²) in [5, 5.41) is 21.8. The minimum atomic E-state index is 0.118.